The van der Waals surface area contributed by atoms with Crippen LogP contribution in [0.3, 0.4) is 0 Å². The third kappa shape index (κ3) is 4.24. The lowest BCUT2D eigenvalue weighted by molar-refractivity contribution is -0.133. The van der Waals surface area contributed by atoms with E-state index >= 15 is 0 Å². The van der Waals surface area contributed by atoms with Crippen LogP contribution < -0.4 is 0 Å². The third-order valence-corrected chi connectivity index (χ3v) is 2.85. The molecule has 0 amide bonds. The Kier molecular flexibility index (Phi) is 4.38. The molecule has 1 aliphatic rings. The number of allylic oxidation sites excluding steroid dienone is 1. The molecule has 0 aromatic heterocycles. The summed E-state index contributed by atoms with van der Waals surface area (Å²) in [4.78, 5) is 10.9. The van der Waals surface area contributed by atoms with E-state index in [-0.39, 0.29) is 11.5 Å². The summed E-state index contributed by atoms with van der Waals surface area (Å²) in [6, 6.07) is 0. The minimum absolute atomic E-state index is 0.0583. The topological polar surface area (TPSA) is 37.3 Å². The Balaban J connectivity index is 2.69. The second kappa shape index (κ2) is 5.37. The van der Waals surface area contributed by atoms with Crippen molar-refractivity contribution in [3.63, 3.8) is 0 Å². The van der Waals surface area contributed by atoms with Crippen molar-refractivity contribution in [2.24, 2.45) is 5.92 Å². The van der Waals surface area contributed by atoms with Crippen molar-refractivity contribution in [1.29, 1.82) is 0 Å². The summed E-state index contributed by atoms with van der Waals surface area (Å²) in [5.74, 6) is -1.41. The van der Waals surface area contributed by atoms with Gasteiger partial charge in [-0.15, -0.1) is 0 Å². The molecule has 0 atom stereocenters. The van der Waals surface area contributed by atoms with Crippen LogP contribution >= 0.6 is 0 Å². The minimum atomic E-state index is -4.32. The van der Waals surface area contributed by atoms with Gasteiger partial charge in [0.1, 0.15) is 0 Å². The third-order valence-electron chi connectivity index (χ3n) is 2.85. The smallest absolute Gasteiger partial charge is 0.392 e. The molecule has 0 radical (unpaired) electrons. The normalized spacial score (nSPS) is 19.8. The quantitative estimate of drug-likeness (QED) is 0.761. The van der Waals surface area contributed by atoms with E-state index in [1.165, 1.54) is 0 Å². The number of hydrogen-bond acceptors (Lipinski definition) is 1. The van der Waals surface area contributed by atoms with Gasteiger partial charge in [-0.25, -0.2) is 4.79 Å². The molecule has 1 fully saturated rings. The summed E-state index contributed by atoms with van der Waals surface area (Å²) >= 11 is 0. The number of carbonyl (C=O) groups is 1. The molecule has 0 heterocycles. The lowest BCUT2D eigenvalue weighted by Gasteiger charge is -2.22. The molecule has 1 saturated carbocycles. The molecule has 1 N–H and O–H groups in total. The predicted molar refractivity (Wildman–Crippen MR) is 53.0 cm³/mol. The zero-order chi connectivity index (χ0) is 12.2. The molecule has 1 rings (SSSR count). The molecule has 16 heavy (non-hydrogen) atoms. The summed E-state index contributed by atoms with van der Waals surface area (Å²) in [5.41, 5.74) is -0.0583. The molecule has 2 nitrogen and oxygen atoms in total. The van der Waals surface area contributed by atoms with E-state index in [0.717, 1.165) is 25.3 Å². The van der Waals surface area contributed by atoms with Gasteiger partial charge in [-0.1, -0.05) is 25.3 Å². The first-order valence-electron chi connectivity index (χ1n) is 5.40. The number of halogens is 3. The van der Waals surface area contributed by atoms with E-state index in [9.17, 15) is 18.0 Å². The Hall–Kier alpha value is -1.00. The van der Waals surface area contributed by atoms with Crippen LogP contribution in [0.5, 0.6) is 0 Å². The van der Waals surface area contributed by atoms with Crippen LogP contribution in [0.2, 0.25) is 0 Å². The Bertz CT molecular complexity index is 275. The molecule has 1 aliphatic carbocycles. The lowest BCUT2D eigenvalue weighted by atomic mass is 9.83. The van der Waals surface area contributed by atoms with Gasteiger partial charge in [0.2, 0.25) is 0 Å². The molecule has 92 valence electrons. The number of carboxylic acids is 1. The zero-order valence-electron chi connectivity index (χ0n) is 8.89. The Labute approximate surface area is 92.1 Å². The number of rotatable bonds is 3. The monoisotopic (exact) mass is 236 g/mol. The van der Waals surface area contributed by atoms with Gasteiger partial charge in [-0.05, 0) is 18.8 Å². The lowest BCUT2D eigenvalue weighted by Crippen LogP contribution is -2.17. The molecule has 0 aromatic carbocycles. The highest BCUT2D eigenvalue weighted by Crippen LogP contribution is 2.31. The van der Waals surface area contributed by atoms with Crippen molar-refractivity contribution >= 4 is 5.97 Å². The maximum absolute atomic E-state index is 12.0. The molecule has 0 unspecified atom stereocenters. The van der Waals surface area contributed by atoms with Gasteiger partial charge in [0.15, 0.2) is 0 Å². The predicted octanol–water partition coefficient (Wildman–Crippen LogP) is 3.53. The van der Waals surface area contributed by atoms with Crippen LogP contribution in [0.25, 0.3) is 0 Å². The van der Waals surface area contributed by atoms with Crippen LogP contribution in [0.1, 0.15) is 38.5 Å². The highest BCUT2D eigenvalue weighted by atomic mass is 19.4. The molecule has 5 heteroatoms. The number of hydrogen-bond donors (Lipinski definition) is 1. The number of aliphatic carboxylic acids is 1. The fourth-order valence-electron chi connectivity index (χ4n) is 2.07. The fourth-order valence-corrected chi connectivity index (χ4v) is 2.07. The molecular weight excluding hydrogens is 221 g/mol. The van der Waals surface area contributed by atoms with E-state index in [2.05, 4.69) is 0 Å². The van der Waals surface area contributed by atoms with E-state index in [1.54, 1.807) is 0 Å². The second-order valence-electron chi connectivity index (χ2n) is 4.12. The highest BCUT2D eigenvalue weighted by molar-refractivity contribution is 5.87. The van der Waals surface area contributed by atoms with Crippen molar-refractivity contribution in [2.45, 2.75) is 44.7 Å². The average molecular weight is 236 g/mol. The minimum Gasteiger partial charge on any atom is -0.478 e. The molecule has 0 spiro atoms. The van der Waals surface area contributed by atoms with Gasteiger partial charge in [0, 0.05) is 5.57 Å². The summed E-state index contributed by atoms with van der Waals surface area (Å²) in [5, 5.41) is 8.89. The average Bonchev–Trinajstić information content (AvgIpc) is 2.17. The van der Waals surface area contributed by atoms with Crippen molar-refractivity contribution in [1.82, 2.24) is 0 Å². The zero-order valence-corrected chi connectivity index (χ0v) is 8.89. The first-order chi connectivity index (χ1) is 7.40. The second-order valence-corrected chi connectivity index (χ2v) is 4.12. The Morgan fingerprint density at radius 2 is 1.81 bits per heavy atom. The molecule has 0 bridgehead atoms. The highest BCUT2D eigenvalue weighted by Gasteiger charge is 2.28. The van der Waals surface area contributed by atoms with Gasteiger partial charge in [-0.2, -0.15) is 13.2 Å². The van der Waals surface area contributed by atoms with Crippen LogP contribution in [-0.4, -0.2) is 17.3 Å². The first-order valence-corrected chi connectivity index (χ1v) is 5.40. The molecule has 0 saturated heterocycles. The van der Waals surface area contributed by atoms with E-state index < -0.39 is 18.6 Å². The molecule has 0 aliphatic heterocycles. The molecular formula is C11H15F3O2. The SMILES string of the molecule is O=C(O)C(=CCC(F)(F)F)C1CCCCC1. The Morgan fingerprint density at radius 3 is 2.25 bits per heavy atom. The van der Waals surface area contributed by atoms with Crippen LogP contribution in [0.4, 0.5) is 13.2 Å². The van der Waals surface area contributed by atoms with Gasteiger partial charge in [-0.3, -0.25) is 0 Å². The van der Waals surface area contributed by atoms with E-state index in [1.807, 2.05) is 0 Å². The van der Waals surface area contributed by atoms with Crippen molar-refractivity contribution < 1.29 is 23.1 Å². The van der Waals surface area contributed by atoms with Crippen molar-refractivity contribution in [2.75, 3.05) is 0 Å². The number of carboxylic acid groups (broad SMARTS) is 1. The van der Waals surface area contributed by atoms with Gasteiger partial charge < -0.3 is 5.11 Å². The summed E-state index contributed by atoms with van der Waals surface area (Å²) in [7, 11) is 0. The first kappa shape index (κ1) is 13.1. The summed E-state index contributed by atoms with van der Waals surface area (Å²) < 4.78 is 36.0. The number of alkyl halides is 3. The summed E-state index contributed by atoms with van der Waals surface area (Å²) in [6.07, 6.45) is -0.407. The van der Waals surface area contributed by atoms with E-state index in [0.29, 0.717) is 12.8 Å². The van der Waals surface area contributed by atoms with Crippen molar-refractivity contribution in [3.05, 3.63) is 11.6 Å². The van der Waals surface area contributed by atoms with Crippen LogP contribution in [0.15, 0.2) is 11.6 Å². The summed E-state index contributed by atoms with van der Waals surface area (Å²) in [6.45, 7) is 0. The maximum atomic E-state index is 12.0. The van der Waals surface area contributed by atoms with Crippen molar-refractivity contribution in [3.8, 4) is 0 Å². The standard InChI is InChI=1S/C11H15F3O2/c12-11(13,14)7-6-9(10(15)16)8-4-2-1-3-5-8/h6,8H,1-5,7H2,(H,15,16). The fraction of sp³-hybridized carbons (Fsp3) is 0.727. The van der Waals surface area contributed by atoms with Crippen LogP contribution in [0, 0.1) is 5.92 Å². The van der Waals surface area contributed by atoms with Gasteiger partial charge in [0.25, 0.3) is 0 Å². The van der Waals surface area contributed by atoms with Crippen LogP contribution in [-0.2, 0) is 4.79 Å². The molecule has 0 aromatic rings. The maximum Gasteiger partial charge on any atom is 0.392 e. The van der Waals surface area contributed by atoms with Gasteiger partial charge >= 0.3 is 12.1 Å². The van der Waals surface area contributed by atoms with Gasteiger partial charge in [0.05, 0.1) is 6.42 Å². The van der Waals surface area contributed by atoms with E-state index in [4.69, 9.17) is 5.11 Å². The Morgan fingerprint density at radius 1 is 1.25 bits per heavy atom. The largest absolute Gasteiger partial charge is 0.478 e.